The average Bonchev–Trinajstić information content (AvgIpc) is 2.37. The van der Waals surface area contributed by atoms with Gasteiger partial charge in [0, 0.05) is 0 Å². The summed E-state index contributed by atoms with van der Waals surface area (Å²) in [5.74, 6) is -1.10. The van der Waals surface area contributed by atoms with Crippen LogP contribution in [0.1, 0.15) is 46.0 Å². The number of rotatable bonds is 10. The maximum Gasteiger partial charge on any atom is 0.349 e. The summed E-state index contributed by atoms with van der Waals surface area (Å²) in [5, 5.41) is 17.8. The highest BCUT2D eigenvalue weighted by Crippen LogP contribution is 2.13. The minimum absolute atomic E-state index is 0.151. The number of carbonyl (C=O) groups excluding carboxylic acids is 2. The van der Waals surface area contributed by atoms with Gasteiger partial charge < -0.3 is 18.6 Å². The maximum atomic E-state index is 11.2. The van der Waals surface area contributed by atoms with Crippen molar-refractivity contribution < 1.29 is 28.2 Å². The molecule has 1 unspecified atom stereocenters. The van der Waals surface area contributed by atoms with Gasteiger partial charge in [0.2, 0.25) is 0 Å². The summed E-state index contributed by atoms with van der Waals surface area (Å²) in [6.07, 6.45) is 3.01. The van der Waals surface area contributed by atoms with Crippen LogP contribution in [-0.2, 0) is 18.0 Å². The first-order valence-corrected chi connectivity index (χ1v) is 7.00. The Kier molecular flexibility index (Phi) is 10.6. The molecule has 0 aromatic rings. The Morgan fingerprint density at radius 2 is 1.74 bits per heavy atom. The third-order valence-corrected chi connectivity index (χ3v) is 2.89. The molecule has 2 N–H and O–H groups in total. The second-order valence-corrected chi connectivity index (χ2v) is 5.10. The van der Waals surface area contributed by atoms with Crippen molar-refractivity contribution in [2.24, 2.45) is 5.92 Å². The third kappa shape index (κ3) is 10.8. The Hall–Kier alpha value is -0.790. The lowest BCUT2D eigenvalue weighted by Gasteiger charge is -2.09. The highest BCUT2D eigenvalue weighted by molar-refractivity contribution is 7.90. The molecule has 19 heavy (non-hydrogen) atoms. The van der Waals surface area contributed by atoms with Crippen LogP contribution < -0.4 is 0 Å². The predicted octanol–water partition coefficient (Wildman–Crippen LogP) is 1.60. The van der Waals surface area contributed by atoms with Crippen LogP contribution in [-0.4, -0.2) is 34.9 Å². The molecule has 112 valence electrons. The van der Waals surface area contributed by atoms with E-state index in [1.165, 1.54) is 0 Å². The van der Waals surface area contributed by atoms with Crippen molar-refractivity contribution >= 4 is 24.3 Å². The molecule has 0 heterocycles. The molecule has 7 heteroatoms. The van der Waals surface area contributed by atoms with E-state index in [0.717, 1.165) is 25.7 Å². The summed E-state index contributed by atoms with van der Waals surface area (Å²) >= 11 is 0.151. The van der Waals surface area contributed by atoms with Crippen molar-refractivity contribution in [3.63, 3.8) is 0 Å². The van der Waals surface area contributed by atoms with Crippen LogP contribution in [0.5, 0.6) is 0 Å². The number of unbranched alkanes of at least 4 members (excludes halogenated alkanes) is 2. The molecular weight excluding hydrogens is 272 g/mol. The van der Waals surface area contributed by atoms with Gasteiger partial charge >= 0.3 is 11.9 Å². The van der Waals surface area contributed by atoms with E-state index in [1.807, 2.05) is 0 Å². The van der Waals surface area contributed by atoms with Crippen LogP contribution >= 0.6 is 12.3 Å². The molecule has 0 spiro atoms. The SMILES string of the molecule is CC(C)CCCCCC(O)C(=O)OSOC(=O)CO. The lowest BCUT2D eigenvalue weighted by molar-refractivity contribution is -0.144. The van der Waals surface area contributed by atoms with Crippen molar-refractivity contribution in [2.75, 3.05) is 6.61 Å². The molecule has 0 fully saturated rings. The van der Waals surface area contributed by atoms with Crippen LogP contribution in [0, 0.1) is 5.92 Å². The van der Waals surface area contributed by atoms with Crippen molar-refractivity contribution in [3.05, 3.63) is 0 Å². The zero-order valence-corrected chi connectivity index (χ0v) is 12.1. The lowest BCUT2D eigenvalue weighted by atomic mass is 10.0. The van der Waals surface area contributed by atoms with E-state index >= 15 is 0 Å². The Labute approximate surface area is 117 Å². The number of aliphatic hydroxyl groups excluding tert-OH is 2. The number of aliphatic hydroxyl groups is 2. The fourth-order valence-electron chi connectivity index (χ4n) is 1.36. The van der Waals surface area contributed by atoms with Gasteiger partial charge in [-0.05, 0) is 12.3 Å². The first-order valence-electron chi connectivity index (χ1n) is 6.34. The van der Waals surface area contributed by atoms with Crippen molar-refractivity contribution in [1.82, 2.24) is 0 Å². The molecule has 0 aliphatic carbocycles. The number of hydrogen-bond acceptors (Lipinski definition) is 7. The summed E-state index contributed by atoms with van der Waals surface area (Å²) < 4.78 is 8.70. The number of carbonyl (C=O) groups is 2. The van der Waals surface area contributed by atoms with Crippen LogP contribution in [0.4, 0.5) is 0 Å². The lowest BCUT2D eigenvalue weighted by Crippen LogP contribution is -2.21. The van der Waals surface area contributed by atoms with Crippen LogP contribution in [0.3, 0.4) is 0 Å². The zero-order valence-electron chi connectivity index (χ0n) is 11.3. The van der Waals surface area contributed by atoms with Gasteiger partial charge in [-0.2, -0.15) is 0 Å². The summed E-state index contributed by atoms with van der Waals surface area (Å²) in [5.41, 5.74) is 0. The molecule has 6 nitrogen and oxygen atoms in total. The molecule has 0 radical (unpaired) electrons. The van der Waals surface area contributed by atoms with Gasteiger partial charge in [-0.3, -0.25) is 0 Å². The highest BCUT2D eigenvalue weighted by Gasteiger charge is 2.18. The minimum atomic E-state index is -1.21. The smallest absolute Gasteiger partial charge is 0.349 e. The molecule has 0 aromatic carbocycles. The molecule has 0 saturated carbocycles. The molecule has 0 rings (SSSR count). The van der Waals surface area contributed by atoms with E-state index in [-0.39, 0.29) is 12.3 Å². The Morgan fingerprint density at radius 3 is 2.32 bits per heavy atom. The molecule has 0 aromatic heterocycles. The largest absolute Gasteiger partial charge is 0.385 e. The van der Waals surface area contributed by atoms with Gasteiger partial charge in [0.1, 0.15) is 6.61 Å². The number of hydrogen-bond donors (Lipinski definition) is 2. The maximum absolute atomic E-state index is 11.2. The minimum Gasteiger partial charge on any atom is -0.385 e. The van der Waals surface area contributed by atoms with E-state index in [1.54, 1.807) is 0 Å². The molecule has 0 bridgehead atoms. The second kappa shape index (κ2) is 11.1. The second-order valence-electron chi connectivity index (χ2n) is 4.63. The van der Waals surface area contributed by atoms with Crippen LogP contribution in [0.25, 0.3) is 0 Å². The summed E-state index contributed by atoms with van der Waals surface area (Å²) in [6.45, 7) is 3.51. The molecule has 0 aliphatic rings. The summed E-state index contributed by atoms with van der Waals surface area (Å²) in [4.78, 5) is 21.8. The van der Waals surface area contributed by atoms with E-state index in [2.05, 4.69) is 22.2 Å². The quantitative estimate of drug-likeness (QED) is 0.467. The topological polar surface area (TPSA) is 93.1 Å². The van der Waals surface area contributed by atoms with Crippen LogP contribution in [0.15, 0.2) is 0 Å². The highest BCUT2D eigenvalue weighted by atomic mass is 32.2. The fourth-order valence-corrected chi connectivity index (χ4v) is 1.70. The fraction of sp³-hybridized carbons (Fsp3) is 0.833. The van der Waals surface area contributed by atoms with Gasteiger partial charge in [-0.25, -0.2) is 9.59 Å². The first-order chi connectivity index (χ1) is 8.97. The summed E-state index contributed by atoms with van der Waals surface area (Å²) in [6, 6.07) is 0. The van der Waals surface area contributed by atoms with Gasteiger partial charge in [0.15, 0.2) is 6.10 Å². The Morgan fingerprint density at radius 1 is 1.11 bits per heavy atom. The third-order valence-electron chi connectivity index (χ3n) is 2.40. The van der Waals surface area contributed by atoms with Crippen molar-refractivity contribution in [1.29, 1.82) is 0 Å². The standard InChI is InChI=1S/C12H22O6S/c1-9(2)6-4-3-5-7-10(14)12(16)18-19-17-11(15)8-13/h9-10,13-14H,3-8H2,1-2H3. The van der Waals surface area contributed by atoms with E-state index in [4.69, 9.17) is 5.11 Å². The van der Waals surface area contributed by atoms with Crippen LogP contribution in [0.2, 0.25) is 0 Å². The van der Waals surface area contributed by atoms with E-state index < -0.39 is 24.6 Å². The Balaban J connectivity index is 3.56. The Bertz CT molecular complexity index is 269. The molecule has 0 amide bonds. The zero-order chi connectivity index (χ0) is 14.7. The predicted molar refractivity (Wildman–Crippen MR) is 70.8 cm³/mol. The van der Waals surface area contributed by atoms with E-state index in [0.29, 0.717) is 12.3 Å². The van der Waals surface area contributed by atoms with Gasteiger partial charge in [0.25, 0.3) is 12.3 Å². The van der Waals surface area contributed by atoms with E-state index in [9.17, 15) is 14.7 Å². The average molecular weight is 294 g/mol. The van der Waals surface area contributed by atoms with Gasteiger partial charge in [0.05, 0.1) is 0 Å². The van der Waals surface area contributed by atoms with Crippen molar-refractivity contribution in [2.45, 2.75) is 52.1 Å². The normalized spacial score (nSPS) is 12.3. The van der Waals surface area contributed by atoms with Gasteiger partial charge in [-0.15, -0.1) is 0 Å². The monoisotopic (exact) mass is 294 g/mol. The summed E-state index contributed by atoms with van der Waals surface area (Å²) in [7, 11) is 0. The molecule has 0 saturated heterocycles. The van der Waals surface area contributed by atoms with Crippen molar-refractivity contribution in [3.8, 4) is 0 Å². The first kappa shape index (κ1) is 18.2. The molecule has 0 aliphatic heterocycles. The molecule has 1 atom stereocenters. The van der Waals surface area contributed by atoms with Gasteiger partial charge in [-0.1, -0.05) is 39.5 Å². The molecular formula is C12H22O6S.